The van der Waals surface area contributed by atoms with Gasteiger partial charge < -0.3 is 20.1 Å². The molecule has 0 spiro atoms. The lowest BCUT2D eigenvalue weighted by molar-refractivity contribution is 0.0956. The molecule has 1 heterocycles. The van der Waals surface area contributed by atoms with Gasteiger partial charge in [0, 0.05) is 29.8 Å². The highest BCUT2D eigenvalue weighted by molar-refractivity contribution is 7.89. The van der Waals surface area contributed by atoms with E-state index in [0.717, 1.165) is 36.3 Å². The number of nitrogens with two attached hydrogens (primary N) is 1. The molecule has 0 saturated heterocycles. The third kappa shape index (κ3) is 5.40. The zero-order chi connectivity index (χ0) is 22.7. The number of sulfonamides is 1. The van der Waals surface area contributed by atoms with Gasteiger partial charge in [0.25, 0.3) is 5.91 Å². The first kappa shape index (κ1) is 22.6. The second kappa shape index (κ2) is 9.48. The van der Waals surface area contributed by atoms with Gasteiger partial charge in [-0.3, -0.25) is 4.79 Å². The molecular weight excluding hydrogens is 430 g/mol. The lowest BCUT2D eigenvalue weighted by Crippen LogP contribution is -2.31. The number of fused-ring (bicyclic) bond motifs is 1. The maximum Gasteiger partial charge on any atom is 0.251 e. The number of carbonyl (C=O) groups excluding carboxylic acids is 1. The Labute approximate surface area is 188 Å². The molecule has 172 valence electrons. The number of benzene rings is 2. The van der Waals surface area contributed by atoms with E-state index in [1.54, 1.807) is 12.1 Å². The van der Waals surface area contributed by atoms with Crippen molar-refractivity contribution >= 4 is 15.9 Å². The molecule has 2 aromatic carbocycles. The zero-order valence-corrected chi connectivity index (χ0v) is 18.9. The Hall–Kier alpha value is -2.62. The van der Waals surface area contributed by atoms with Gasteiger partial charge in [-0.15, -0.1) is 0 Å². The lowest BCUT2D eigenvalue weighted by atomic mass is 9.96. The summed E-state index contributed by atoms with van der Waals surface area (Å²) in [4.78, 5) is 12.2. The Bertz CT molecular complexity index is 1070. The smallest absolute Gasteiger partial charge is 0.251 e. The van der Waals surface area contributed by atoms with E-state index in [-0.39, 0.29) is 31.0 Å². The third-order valence-corrected chi connectivity index (χ3v) is 6.90. The van der Waals surface area contributed by atoms with Gasteiger partial charge in [-0.1, -0.05) is 24.3 Å². The van der Waals surface area contributed by atoms with E-state index in [0.29, 0.717) is 17.5 Å². The standard InChI is InChI=1S/C23H29N3O5S/c1-15(20-3-2-4-21-22(20)31-14-30-21)26-19-10-9-18(13-19)16-5-7-17(8-6-16)23(27)25-11-12-32(24,28)29/h2-8,15,18-19,26H,9-14H2,1H3,(H,25,27)(H2,24,28,29)/t15-,18?,19+/m1/s1. The van der Waals surface area contributed by atoms with Crippen LogP contribution in [0.15, 0.2) is 42.5 Å². The van der Waals surface area contributed by atoms with Crippen molar-refractivity contribution in [2.75, 3.05) is 19.1 Å². The maximum absolute atomic E-state index is 12.2. The minimum absolute atomic E-state index is 0.00460. The van der Waals surface area contributed by atoms with E-state index in [1.807, 2.05) is 24.3 Å². The average Bonchev–Trinajstić information content (AvgIpc) is 3.42. The van der Waals surface area contributed by atoms with E-state index < -0.39 is 10.0 Å². The first-order valence-corrected chi connectivity index (χ1v) is 12.5. The zero-order valence-electron chi connectivity index (χ0n) is 18.0. The van der Waals surface area contributed by atoms with Crippen LogP contribution in [0.2, 0.25) is 0 Å². The molecular formula is C23H29N3O5S. The SMILES string of the molecule is C[C@@H](N[C@H]1CCC(c2ccc(C(=O)NCCS(N)(=O)=O)cc2)C1)c1cccc2c1OCO2. The molecule has 4 N–H and O–H groups in total. The number of ether oxygens (including phenoxy) is 2. The van der Waals surface area contributed by atoms with Crippen LogP contribution in [0.5, 0.6) is 11.5 Å². The number of nitrogens with one attached hydrogen (secondary N) is 2. The van der Waals surface area contributed by atoms with E-state index in [9.17, 15) is 13.2 Å². The van der Waals surface area contributed by atoms with Crippen molar-refractivity contribution in [2.24, 2.45) is 5.14 Å². The fraction of sp³-hybridized carbons (Fsp3) is 0.435. The predicted octanol–water partition coefficient (Wildman–Crippen LogP) is 2.42. The summed E-state index contributed by atoms with van der Waals surface area (Å²) in [6.07, 6.45) is 3.19. The highest BCUT2D eigenvalue weighted by Gasteiger charge is 2.29. The molecule has 1 unspecified atom stereocenters. The van der Waals surface area contributed by atoms with Gasteiger partial charge in [-0.2, -0.15) is 0 Å². The Morgan fingerprint density at radius 2 is 1.94 bits per heavy atom. The Morgan fingerprint density at radius 3 is 2.69 bits per heavy atom. The highest BCUT2D eigenvalue weighted by atomic mass is 32.2. The topological polar surface area (TPSA) is 120 Å². The van der Waals surface area contributed by atoms with Gasteiger partial charge in [-0.25, -0.2) is 13.6 Å². The molecule has 1 saturated carbocycles. The van der Waals surface area contributed by atoms with E-state index in [1.165, 1.54) is 5.56 Å². The van der Waals surface area contributed by atoms with Crippen molar-refractivity contribution in [1.82, 2.24) is 10.6 Å². The number of amides is 1. The van der Waals surface area contributed by atoms with Crippen LogP contribution in [-0.2, 0) is 10.0 Å². The van der Waals surface area contributed by atoms with Crippen molar-refractivity contribution in [3.05, 3.63) is 59.2 Å². The lowest BCUT2D eigenvalue weighted by Gasteiger charge is -2.21. The van der Waals surface area contributed by atoms with Crippen LogP contribution in [-0.4, -0.2) is 39.5 Å². The van der Waals surface area contributed by atoms with Crippen molar-refractivity contribution in [3.8, 4) is 11.5 Å². The van der Waals surface area contributed by atoms with E-state index in [2.05, 4.69) is 23.6 Å². The Morgan fingerprint density at radius 1 is 1.16 bits per heavy atom. The molecule has 3 atom stereocenters. The molecule has 9 heteroatoms. The van der Waals surface area contributed by atoms with Gasteiger partial charge in [0.15, 0.2) is 11.5 Å². The molecule has 2 aliphatic rings. The molecule has 1 amide bonds. The van der Waals surface area contributed by atoms with Gasteiger partial charge >= 0.3 is 0 Å². The fourth-order valence-corrected chi connectivity index (χ4v) is 4.87. The Balaban J connectivity index is 1.31. The van der Waals surface area contributed by atoms with E-state index >= 15 is 0 Å². The molecule has 1 fully saturated rings. The molecule has 0 aromatic heterocycles. The largest absolute Gasteiger partial charge is 0.454 e. The average molecular weight is 460 g/mol. The molecule has 4 rings (SSSR count). The second-order valence-corrected chi connectivity index (χ2v) is 10.2. The van der Waals surface area contributed by atoms with Crippen LogP contribution >= 0.6 is 0 Å². The summed E-state index contributed by atoms with van der Waals surface area (Å²) in [5, 5.41) is 11.3. The number of para-hydroxylation sites is 1. The minimum Gasteiger partial charge on any atom is -0.454 e. The summed E-state index contributed by atoms with van der Waals surface area (Å²) < 4.78 is 33.1. The highest BCUT2D eigenvalue weighted by Crippen LogP contribution is 2.40. The molecule has 2 aromatic rings. The summed E-state index contributed by atoms with van der Waals surface area (Å²) in [7, 11) is -3.59. The first-order chi connectivity index (χ1) is 15.3. The maximum atomic E-state index is 12.2. The number of hydrogen-bond acceptors (Lipinski definition) is 6. The summed E-state index contributed by atoms with van der Waals surface area (Å²) in [5.41, 5.74) is 2.83. The molecule has 0 radical (unpaired) electrons. The molecule has 8 nitrogen and oxygen atoms in total. The van der Waals surface area contributed by atoms with Crippen LogP contribution in [0.1, 0.15) is 59.6 Å². The van der Waals surface area contributed by atoms with Crippen LogP contribution in [0, 0.1) is 0 Å². The second-order valence-electron chi connectivity index (χ2n) is 8.42. The monoisotopic (exact) mass is 459 g/mol. The Kier molecular flexibility index (Phi) is 6.68. The third-order valence-electron chi connectivity index (χ3n) is 6.13. The normalized spacial score (nSPS) is 20.8. The molecule has 1 aliphatic carbocycles. The van der Waals surface area contributed by atoms with Crippen molar-refractivity contribution in [3.63, 3.8) is 0 Å². The number of primary sulfonamides is 1. The molecule has 0 bridgehead atoms. The summed E-state index contributed by atoms with van der Waals surface area (Å²) >= 11 is 0. The molecule has 1 aliphatic heterocycles. The van der Waals surface area contributed by atoms with Crippen LogP contribution in [0.3, 0.4) is 0 Å². The van der Waals surface area contributed by atoms with Gasteiger partial charge in [0.05, 0.1) is 5.75 Å². The summed E-state index contributed by atoms with van der Waals surface area (Å²) in [6.45, 7) is 2.41. The quantitative estimate of drug-likeness (QED) is 0.558. The summed E-state index contributed by atoms with van der Waals surface area (Å²) in [6, 6.07) is 14.1. The van der Waals surface area contributed by atoms with Crippen LogP contribution in [0.4, 0.5) is 0 Å². The summed E-state index contributed by atoms with van der Waals surface area (Å²) in [5.74, 6) is 1.48. The number of carbonyl (C=O) groups is 1. The van der Waals surface area contributed by atoms with Crippen molar-refractivity contribution < 1.29 is 22.7 Å². The van der Waals surface area contributed by atoms with Gasteiger partial charge in [0.2, 0.25) is 16.8 Å². The first-order valence-electron chi connectivity index (χ1n) is 10.8. The minimum atomic E-state index is -3.59. The predicted molar refractivity (Wildman–Crippen MR) is 121 cm³/mol. The number of hydrogen-bond donors (Lipinski definition) is 3. The van der Waals surface area contributed by atoms with Gasteiger partial charge in [0.1, 0.15) is 0 Å². The van der Waals surface area contributed by atoms with E-state index in [4.69, 9.17) is 14.6 Å². The van der Waals surface area contributed by atoms with Crippen LogP contribution in [0.25, 0.3) is 0 Å². The van der Waals surface area contributed by atoms with Crippen molar-refractivity contribution in [2.45, 2.75) is 44.2 Å². The van der Waals surface area contributed by atoms with Gasteiger partial charge in [-0.05, 0) is 55.9 Å². The van der Waals surface area contributed by atoms with Crippen molar-refractivity contribution in [1.29, 1.82) is 0 Å². The van der Waals surface area contributed by atoms with Crippen LogP contribution < -0.4 is 25.2 Å². The number of rotatable bonds is 8. The molecule has 32 heavy (non-hydrogen) atoms. The fourth-order valence-electron chi connectivity index (χ4n) is 4.49.